The number of aryl methyl sites for hydroxylation is 2. The maximum atomic E-state index is 12.1. The topological polar surface area (TPSA) is 99.0 Å². The number of fused-ring (bicyclic) bond motifs is 1. The number of carbonyl (C=O) groups is 1. The van der Waals surface area contributed by atoms with Gasteiger partial charge >= 0.3 is 0 Å². The van der Waals surface area contributed by atoms with E-state index < -0.39 is 0 Å². The van der Waals surface area contributed by atoms with E-state index >= 15 is 0 Å². The maximum Gasteiger partial charge on any atom is 0.278 e. The normalized spacial score (nSPS) is 11.0. The number of nitrogens with zero attached hydrogens (tertiary/aromatic N) is 3. The van der Waals surface area contributed by atoms with Gasteiger partial charge in [-0.2, -0.15) is 5.10 Å². The zero-order valence-electron chi connectivity index (χ0n) is 11.8. The Balaban J connectivity index is 1.87. The Kier molecular flexibility index (Phi) is 3.09. The average molecular weight is 285 g/mol. The summed E-state index contributed by atoms with van der Waals surface area (Å²) in [4.78, 5) is 16.5. The van der Waals surface area contributed by atoms with Gasteiger partial charge in [0.15, 0.2) is 17.2 Å². The molecule has 0 fully saturated rings. The van der Waals surface area contributed by atoms with Crippen molar-refractivity contribution in [2.75, 3.05) is 11.1 Å². The van der Waals surface area contributed by atoms with E-state index in [0.29, 0.717) is 28.4 Å². The third-order valence-corrected chi connectivity index (χ3v) is 3.06. The van der Waals surface area contributed by atoms with Crippen LogP contribution in [0, 0.1) is 0 Å². The minimum Gasteiger partial charge on any atom is -0.441 e. The molecule has 0 saturated carbocycles. The largest absolute Gasteiger partial charge is 0.441 e. The maximum absolute atomic E-state index is 12.1. The molecule has 1 aromatic carbocycles. The van der Waals surface area contributed by atoms with E-state index in [2.05, 4.69) is 15.4 Å². The molecule has 0 aliphatic rings. The van der Waals surface area contributed by atoms with Crippen LogP contribution in [0.5, 0.6) is 0 Å². The van der Waals surface area contributed by atoms with Crippen molar-refractivity contribution in [3.63, 3.8) is 0 Å². The fraction of sp³-hybridized carbons (Fsp3) is 0.214. The number of carbonyl (C=O) groups excluding carboxylic acids is 1. The highest BCUT2D eigenvalue weighted by Gasteiger charge is 2.15. The van der Waals surface area contributed by atoms with Crippen LogP contribution in [0.4, 0.5) is 11.4 Å². The smallest absolute Gasteiger partial charge is 0.278 e. The van der Waals surface area contributed by atoms with Crippen molar-refractivity contribution in [1.29, 1.82) is 0 Å². The van der Waals surface area contributed by atoms with Gasteiger partial charge in [-0.3, -0.25) is 9.48 Å². The first-order valence-electron chi connectivity index (χ1n) is 6.56. The van der Waals surface area contributed by atoms with Crippen molar-refractivity contribution in [3.8, 4) is 0 Å². The highest BCUT2D eigenvalue weighted by molar-refractivity contribution is 6.06. The summed E-state index contributed by atoms with van der Waals surface area (Å²) >= 11 is 0. The summed E-state index contributed by atoms with van der Waals surface area (Å²) in [5, 5.41) is 6.79. The van der Waals surface area contributed by atoms with E-state index in [9.17, 15) is 4.79 Å². The number of nitrogens with two attached hydrogens (primary N) is 1. The van der Waals surface area contributed by atoms with Crippen LogP contribution in [0.25, 0.3) is 11.1 Å². The van der Waals surface area contributed by atoms with Gasteiger partial charge < -0.3 is 15.5 Å². The van der Waals surface area contributed by atoms with Gasteiger partial charge in [0.25, 0.3) is 5.91 Å². The second kappa shape index (κ2) is 4.93. The van der Waals surface area contributed by atoms with Gasteiger partial charge in [0, 0.05) is 25.4 Å². The highest BCUT2D eigenvalue weighted by Crippen LogP contribution is 2.21. The molecule has 21 heavy (non-hydrogen) atoms. The predicted molar refractivity (Wildman–Crippen MR) is 79.0 cm³/mol. The summed E-state index contributed by atoms with van der Waals surface area (Å²) < 4.78 is 7.02. The van der Waals surface area contributed by atoms with Gasteiger partial charge in [-0.05, 0) is 18.2 Å². The molecule has 2 heterocycles. The van der Waals surface area contributed by atoms with Crippen molar-refractivity contribution in [2.24, 2.45) is 7.05 Å². The summed E-state index contributed by atoms with van der Waals surface area (Å²) in [5.41, 5.74) is 8.30. The zero-order chi connectivity index (χ0) is 15.0. The van der Waals surface area contributed by atoms with Crippen molar-refractivity contribution >= 4 is 28.4 Å². The third-order valence-electron chi connectivity index (χ3n) is 3.06. The van der Waals surface area contributed by atoms with Crippen LogP contribution < -0.4 is 11.1 Å². The average Bonchev–Trinajstić information content (AvgIpc) is 3.00. The Morgan fingerprint density at radius 1 is 1.48 bits per heavy atom. The lowest BCUT2D eigenvalue weighted by Crippen LogP contribution is -2.14. The first-order valence-corrected chi connectivity index (χ1v) is 6.56. The molecule has 108 valence electrons. The highest BCUT2D eigenvalue weighted by atomic mass is 16.3. The van der Waals surface area contributed by atoms with Crippen LogP contribution in [0.2, 0.25) is 0 Å². The van der Waals surface area contributed by atoms with Crippen molar-refractivity contribution in [2.45, 2.75) is 13.3 Å². The molecule has 3 aromatic rings. The molecule has 3 N–H and O–H groups in total. The van der Waals surface area contributed by atoms with E-state index in [1.165, 1.54) is 4.68 Å². The molecule has 0 aliphatic heterocycles. The lowest BCUT2D eigenvalue weighted by Gasteiger charge is -2.03. The number of hydrogen-bond acceptors (Lipinski definition) is 5. The van der Waals surface area contributed by atoms with Crippen LogP contribution in [-0.4, -0.2) is 20.7 Å². The lowest BCUT2D eigenvalue weighted by atomic mass is 10.2. The van der Waals surface area contributed by atoms with E-state index in [1.54, 1.807) is 31.4 Å². The molecule has 1 amide bonds. The standard InChI is InChI=1S/C14H15N5O2/c1-3-12-17-10-6-8(4-5-11(10)21-12)16-14(20)13-9(15)7-19(2)18-13/h4-7H,3,15H2,1-2H3,(H,16,20). The number of amides is 1. The Morgan fingerprint density at radius 2 is 2.29 bits per heavy atom. The Labute approximate surface area is 120 Å². The van der Waals surface area contributed by atoms with Gasteiger partial charge in [-0.1, -0.05) is 6.92 Å². The van der Waals surface area contributed by atoms with E-state index in [0.717, 1.165) is 6.42 Å². The van der Waals surface area contributed by atoms with Gasteiger partial charge in [0.2, 0.25) is 0 Å². The summed E-state index contributed by atoms with van der Waals surface area (Å²) in [6.45, 7) is 1.97. The third kappa shape index (κ3) is 2.45. The van der Waals surface area contributed by atoms with Gasteiger partial charge in [0.05, 0.1) is 5.69 Å². The summed E-state index contributed by atoms with van der Waals surface area (Å²) in [7, 11) is 1.71. The molecule has 0 aliphatic carbocycles. The Hall–Kier alpha value is -2.83. The quantitative estimate of drug-likeness (QED) is 0.766. The Bertz CT molecular complexity index is 818. The molecule has 0 unspecified atom stereocenters. The zero-order valence-corrected chi connectivity index (χ0v) is 11.8. The molecule has 0 saturated heterocycles. The number of nitrogen functional groups attached to an aromatic ring is 1. The second-order valence-corrected chi connectivity index (χ2v) is 4.70. The molecule has 0 spiro atoms. The van der Waals surface area contributed by atoms with Gasteiger partial charge in [0.1, 0.15) is 5.52 Å². The second-order valence-electron chi connectivity index (χ2n) is 4.70. The number of anilines is 2. The number of aromatic nitrogens is 3. The number of benzene rings is 1. The van der Waals surface area contributed by atoms with Gasteiger partial charge in [-0.25, -0.2) is 4.98 Å². The molecule has 0 bridgehead atoms. The fourth-order valence-corrected chi connectivity index (χ4v) is 2.08. The molecule has 7 nitrogen and oxygen atoms in total. The number of hydrogen-bond donors (Lipinski definition) is 2. The van der Waals surface area contributed by atoms with Crippen LogP contribution in [0.3, 0.4) is 0 Å². The minimum absolute atomic E-state index is 0.201. The summed E-state index contributed by atoms with van der Waals surface area (Å²) in [6, 6.07) is 5.29. The summed E-state index contributed by atoms with van der Waals surface area (Å²) in [6.07, 6.45) is 2.31. The van der Waals surface area contributed by atoms with E-state index in [1.807, 2.05) is 6.92 Å². The van der Waals surface area contributed by atoms with Crippen LogP contribution >= 0.6 is 0 Å². The molecule has 2 aromatic heterocycles. The van der Waals surface area contributed by atoms with Crippen LogP contribution in [0.15, 0.2) is 28.8 Å². The number of nitrogens with one attached hydrogen (secondary N) is 1. The predicted octanol–water partition coefficient (Wildman–Crippen LogP) is 1.96. The van der Waals surface area contributed by atoms with Crippen molar-refractivity contribution in [1.82, 2.24) is 14.8 Å². The molecule has 0 atom stereocenters. The number of oxazole rings is 1. The van der Waals surface area contributed by atoms with E-state index in [-0.39, 0.29) is 11.6 Å². The molecular weight excluding hydrogens is 270 g/mol. The van der Waals surface area contributed by atoms with Crippen molar-refractivity contribution in [3.05, 3.63) is 36.0 Å². The molecular formula is C14H15N5O2. The summed E-state index contributed by atoms with van der Waals surface area (Å²) in [5.74, 6) is 0.314. The molecule has 0 radical (unpaired) electrons. The van der Waals surface area contributed by atoms with E-state index in [4.69, 9.17) is 10.2 Å². The minimum atomic E-state index is -0.355. The first kappa shape index (κ1) is 13.2. The fourth-order valence-electron chi connectivity index (χ4n) is 2.08. The van der Waals surface area contributed by atoms with Crippen LogP contribution in [-0.2, 0) is 13.5 Å². The van der Waals surface area contributed by atoms with Gasteiger partial charge in [-0.15, -0.1) is 0 Å². The molecule has 3 rings (SSSR count). The van der Waals surface area contributed by atoms with Crippen molar-refractivity contribution < 1.29 is 9.21 Å². The SMILES string of the molecule is CCc1nc2cc(NC(=O)c3nn(C)cc3N)ccc2o1. The van der Waals surface area contributed by atoms with Crippen LogP contribution in [0.1, 0.15) is 23.3 Å². The lowest BCUT2D eigenvalue weighted by molar-refractivity contribution is 0.102. The monoisotopic (exact) mass is 285 g/mol. The first-order chi connectivity index (χ1) is 10.1. The molecule has 7 heteroatoms. The number of rotatable bonds is 3. The Morgan fingerprint density at radius 3 is 2.95 bits per heavy atom.